The molecule has 19 heavy (non-hydrogen) atoms. The van der Waals surface area contributed by atoms with Crippen LogP contribution in [0.25, 0.3) is 0 Å². The van der Waals surface area contributed by atoms with E-state index in [0.717, 1.165) is 37.0 Å². The molecule has 2 aliphatic rings. The van der Waals surface area contributed by atoms with E-state index < -0.39 is 23.3 Å². The predicted octanol–water partition coefficient (Wildman–Crippen LogP) is 2.22. The molecule has 0 bridgehead atoms. The molecule has 0 aromatic heterocycles. The maximum absolute atomic E-state index is 10.6. The summed E-state index contributed by atoms with van der Waals surface area (Å²) in [6, 6.07) is 7.54. The van der Waals surface area contributed by atoms with E-state index in [9.17, 15) is 8.76 Å². The van der Waals surface area contributed by atoms with Gasteiger partial charge in [-0.25, -0.2) is 4.21 Å². The Morgan fingerprint density at radius 1 is 1.37 bits per heavy atom. The van der Waals surface area contributed by atoms with Crippen molar-refractivity contribution < 1.29 is 22.4 Å². The molecule has 104 valence electrons. The lowest BCUT2D eigenvalue weighted by Gasteiger charge is -2.39. The van der Waals surface area contributed by atoms with Gasteiger partial charge in [0.1, 0.15) is 11.9 Å². The maximum atomic E-state index is 10.6. The van der Waals surface area contributed by atoms with E-state index in [-0.39, 0.29) is 6.61 Å². The minimum absolute atomic E-state index is 0.0156. The van der Waals surface area contributed by atoms with Gasteiger partial charge in [0.2, 0.25) is 5.79 Å². The van der Waals surface area contributed by atoms with Gasteiger partial charge in [-0.1, -0.05) is 18.2 Å². The topological polar surface area (TPSA) is 67.8 Å². The van der Waals surface area contributed by atoms with Crippen LogP contribution in [0.2, 0.25) is 0 Å². The number of hydrogen-bond donors (Lipinski definition) is 0. The second-order valence-electron chi connectivity index (χ2n) is 4.85. The molecule has 1 aromatic carbocycles. The van der Waals surface area contributed by atoms with Crippen LogP contribution in [0.3, 0.4) is 0 Å². The van der Waals surface area contributed by atoms with Gasteiger partial charge >= 0.3 is 0 Å². The summed E-state index contributed by atoms with van der Waals surface area (Å²) >= 11 is -2.53. The van der Waals surface area contributed by atoms with Gasteiger partial charge in [-0.05, 0) is 18.9 Å². The average molecular weight is 283 g/mol. The molecule has 0 amide bonds. The zero-order valence-electron chi connectivity index (χ0n) is 10.4. The van der Waals surface area contributed by atoms with Crippen molar-refractivity contribution in [3.63, 3.8) is 0 Å². The highest BCUT2D eigenvalue weighted by Gasteiger charge is 2.44. The van der Waals surface area contributed by atoms with Gasteiger partial charge in [-0.2, -0.15) is 0 Å². The molecular formula is C13H15O5S-. The number of para-hydroxylation sites is 1. The van der Waals surface area contributed by atoms with Gasteiger partial charge in [0.25, 0.3) is 0 Å². The SMILES string of the molecule is O=S([O-])OC[C@H]1OC2(CCCC2)Oc2ccccc21. The second kappa shape index (κ2) is 5.20. The normalized spacial score (nSPS) is 25.8. The molecule has 1 aliphatic carbocycles. The van der Waals surface area contributed by atoms with Crippen molar-refractivity contribution in [2.45, 2.75) is 37.6 Å². The molecule has 0 radical (unpaired) electrons. The van der Waals surface area contributed by atoms with Crippen LogP contribution < -0.4 is 4.74 Å². The molecule has 1 unspecified atom stereocenters. The summed E-state index contributed by atoms with van der Waals surface area (Å²) in [5.41, 5.74) is 0.838. The van der Waals surface area contributed by atoms with Crippen LogP contribution in [0.1, 0.15) is 37.4 Å². The van der Waals surface area contributed by atoms with Gasteiger partial charge in [0.05, 0.1) is 18.0 Å². The molecule has 3 rings (SSSR count). The summed E-state index contributed by atoms with van der Waals surface area (Å²) in [5, 5.41) is 0. The number of benzene rings is 1. The molecule has 1 saturated carbocycles. The smallest absolute Gasteiger partial charge is 0.211 e. The van der Waals surface area contributed by atoms with Crippen molar-refractivity contribution in [2.75, 3.05) is 6.61 Å². The molecule has 1 aliphatic heterocycles. The van der Waals surface area contributed by atoms with Crippen LogP contribution in [-0.2, 0) is 20.3 Å². The number of hydrogen-bond acceptors (Lipinski definition) is 5. The number of rotatable bonds is 3. The Morgan fingerprint density at radius 2 is 2.11 bits per heavy atom. The van der Waals surface area contributed by atoms with E-state index >= 15 is 0 Å². The lowest BCUT2D eigenvalue weighted by atomic mass is 10.1. The maximum Gasteiger partial charge on any atom is 0.211 e. The Bertz CT molecular complexity index is 484. The fraction of sp³-hybridized carbons (Fsp3) is 0.538. The van der Waals surface area contributed by atoms with E-state index in [1.165, 1.54) is 0 Å². The Hall–Kier alpha value is -0.950. The average Bonchev–Trinajstić information content (AvgIpc) is 2.83. The van der Waals surface area contributed by atoms with E-state index in [1.807, 2.05) is 24.3 Å². The molecule has 6 heteroatoms. The van der Waals surface area contributed by atoms with Crippen molar-refractivity contribution >= 4 is 11.4 Å². The second-order valence-corrected chi connectivity index (χ2v) is 5.50. The highest BCUT2D eigenvalue weighted by atomic mass is 32.2. The van der Waals surface area contributed by atoms with Crippen molar-refractivity contribution in [1.82, 2.24) is 0 Å². The molecule has 0 N–H and O–H groups in total. The van der Waals surface area contributed by atoms with Crippen molar-refractivity contribution in [2.24, 2.45) is 0 Å². The summed E-state index contributed by atoms with van der Waals surface area (Å²) in [7, 11) is 0. The molecule has 1 fully saturated rings. The number of fused-ring (bicyclic) bond motifs is 1. The standard InChI is InChI=1S/C13H16O5S/c14-19(15)16-9-12-10-5-1-2-6-11(10)17-13(18-12)7-3-4-8-13/h1-2,5-6,12H,3-4,7-9H2,(H,14,15)/p-1/t12-/m1/s1. The third-order valence-electron chi connectivity index (χ3n) is 3.60. The summed E-state index contributed by atoms with van der Waals surface area (Å²) in [5.74, 6) is 0.160. The summed E-state index contributed by atoms with van der Waals surface area (Å²) in [6.45, 7) is -0.0156. The number of ether oxygens (including phenoxy) is 2. The molecule has 2 atom stereocenters. The van der Waals surface area contributed by atoms with Crippen LogP contribution in [-0.4, -0.2) is 21.2 Å². The molecule has 1 aromatic rings. The summed E-state index contributed by atoms with van der Waals surface area (Å²) in [4.78, 5) is 0. The Labute approximate surface area is 114 Å². The van der Waals surface area contributed by atoms with Gasteiger partial charge in [-0.3, -0.25) is 4.18 Å². The first-order valence-corrected chi connectivity index (χ1v) is 7.37. The van der Waals surface area contributed by atoms with Crippen LogP contribution in [0.5, 0.6) is 5.75 Å². The minimum atomic E-state index is -2.53. The fourth-order valence-electron chi connectivity index (χ4n) is 2.76. The van der Waals surface area contributed by atoms with Gasteiger partial charge in [0.15, 0.2) is 0 Å². The van der Waals surface area contributed by atoms with Gasteiger partial charge in [0, 0.05) is 18.4 Å². The van der Waals surface area contributed by atoms with E-state index in [0.29, 0.717) is 0 Å². The summed E-state index contributed by atoms with van der Waals surface area (Å²) < 4.78 is 37.8. The third-order valence-corrected chi connectivity index (χ3v) is 3.93. The first-order valence-electron chi connectivity index (χ1n) is 6.37. The van der Waals surface area contributed by atoms with Crippen molar-refractivity contribution in [3.05, 3.63) is 29.8 Å². The van der Waals surface area contributed by atoms with Crippen molar-refractivity contribution in [3.8, 4) is 5.75 Å². The molecule has 0 saturated heterocycles. The van der Waals surface area contributed by atoms with E-state index in [4.69, 9.17) is 9.47 Å². The Morgan fingerprint density at radius 3 is 2.84 bits per heavy atom. The van der Waals surface area contributed by atoms with Gasteiger partial charge in [-0.15, -0.1) is 0 Å². The zero-order chi connectivity index (χ0) is 13.3. The van der Waals surface area contributed by atoms with Crippen LogP contribution >= 0.6 is 0 Å². The molecule has 1 spiro atoms. The van der Waals surface area contributed by atoms with Gasteiger partial charge < -0.3 is 14.0 Å². The Balaban J connectivity index is 1.87. The highest BCUT2D eigenvalue weighted by Crippen LogP contribution is 2.45. The molecule has 5 nitrogen and oxygen atoms in total. The van der Waals surface area contributed by atoms with E-state index in [1.54, 1.807) is 0 Å². The molecule has 1 heterocycles. The fourth-order valence-corrected chi connectivity index (χ4v) is 3.00. The minimum Gasteiger partial charge on any atom is -0.750 e. The van der Waals surface area contributed by atoms with E-state index in [2.05, 4.69) is 4.18 Å². The first kappa shape index (κ1) is 13.1. The van der Waals surface area contributed by atoms with Crippen LogP contribution in [0.4, 0.5) is 0 Å². The first-order chi connectivity index (χ1) is 9.19. The predicted molar refractivity (Wildman–Crippen MR) is 67.0 cm³/mol. The lowest BCUT2D eigenvalue weighted by molar-refractivity contribution is -0.230. The lowest BCUT2D eigenvalue weighted by Crippen LogP contribution is -2.42. The largest absolute Gasteiger partial charge is 0.750 e. The van der Waals surface area contributed by atoms with Crippen LogP contribution in [0, 0.1) is 0 Å². The Kier molecular flexibility index (Phi) is 3.58. The summed E-state index contributed by atoms with van der Waals surface area (Å²) in [6.07, 6.45) is 3.38. The molecular weight excluding hydrogens is 268 g/mol. The third kappa shape index (κ3) is 2.67. The monoisotopic (exact) mass is 283 g/mol. The van der Waals surface area contributed by atoms with Crippen LogP contribution in [0.15, 0.2) is 24.3 Å². The quantitative estimate of drug-likeness (QED) is 0.796. The van der Waals surface area contributed by atoms with Crippen molar-refractivity contribution in [1.29, 1.82) is 0 Å². The highest BCUT2D eigenvalue weighted by molar-refractivity contribution is 7.74. The zero-order valence-corrected chi connectivity index (χ0v) is 11.2.